The summed E-state index contributed by atoms with van der Waals surface area (Å²) in [6.07, 6.45) is 0. The number of halogens is 1. The predicted octanol–water partition coefficient (Wildman–Crippen LogP) is 2.97. The molecule has 0 bridgehead atoms. The molecule has 1 N–H and O–H groups in total. The molecule has 0 saturated heterocycles. The van der Waals surface area contributed by atoms with E-state index in [0.717, 1.165) is 6.07 Å². The molecule has 20 heavy (non-hydrogen) atoms. The van der Waals surface area contributed by atoms with Crippen LogP contribution in [0.4, 0.5) is 4.39 Å². The van der Waals surface area contributed by atoms with Crippen LogP contribution in [0, 0.1) is 17.1 Å². The molecule has 0 aliphatic rings. The molecule has 4 nitrogen and oxygen atoms in total. The molecule has 0 fully saturated rings. The molecule has 0 aliphatic heterocycles. The van der Waals surface area contributed by atoms with Crippen molar-refractivity contribution < 1.29 is 19.0 Å². The van der Waals surface area contributed by atoms with Crippen LogP contribution < -0.4 is 4.74 Å². The largest absolute Gasteiger partial charge is 0.489 e. The van der Waals surface area contributed by atoms with Crippen LogP contribution >= 0.6 is 0 Å². The fraction of sp³-hybridized carbons (Fsp3) is 0.0667. The minimum atomic E-state index is -1.01. The first-order valence-corrected chi connectivity index (χ1v) is 5.74. The molecule has 0 saturated carbocycles. The molecule has 2 aromatic carbocycles. The van der Waals surface area contributed by atoms with E-state index in [1.807, 2.05) is 6.07 Å². The monoisotopic (exact) mass is 271 g/mol. The molecule has 2 aromatic rings. The quantitative estimate of drug-likeness (QED) is 0.928. The Morgan fingerprint density at radius 3 is 2.55 bits per heavy atom. The van der Waals surface area contributed by atoms with E-state index in [9.17, 15) is 9.18 Å². The van der Waals surface area contributed by atoms with Crippen molar-refractivity contribution in [2.75, 3.05) is 0 Å². The van der Waals surface area contributed by atoms with Gasteiger partial charge in [0.25, 0.3) is 0 Å². The smallest absolute Gasteiger partial charge is 0.335 e. The lowest BCUT2D eigenvalue weighted by atomic mass is 10.1. The Labute approximate surface area is 114 Å². The summed E-state index contributed by atoms with van der Waals surface area (Å²) in [6.45, 7) is 0.0961. The van der Waals surface area contributed by atoms with E-state index < -0.39 is 11.8 Å². The summed E-state index contributed by atoms with van der Waals surface area (Å²) >= 11 is 0. The Kier molecular flexibility index (Phi) is 3.96. The van der Waals surface area contributed by atoms with Crippen LogP contribution in [-0.4, -0.2) is 11.1 Å². The average Bonchev–Trinajstić information content (AvgIpc) is 2.45. The van der Waals surface area contributed by atoms with Gasteiger partial charge in [-0.15, -0.1) is 0 Å². The molecule has 2 rings (SSSR count). The van der Waals surface area contributed by atoms with Gasteiger partial charge in [0.2, 0.25) is 0 Å². The third kappa shape index (κ3) is 3.33. The van der Waals surface area contributed by atoms with Crippen molar-refractivity contribution in [1.29, 1.82) is 5.26 Å². The van der Waals surface area contributed by atoms with E-state index in [-0.39, 0.29) is 17.7 Å². The minimum Gasteiger partial charge on any atom is -0.489 e. The molecular formula is C15H10FNO3. The Bertz CT molecular complexity index is 675. The van der Waals surface area contributed by atoms with Crippen molar-refractivity contribution in [3.8, 4) is 11.8 Å². The lowest BCUT2D eigenvalue weighted by Crippen LogP contribution is -1.99. The number of benzene rings is 2. The van der Waals surface area contributed by atoms with Crippen LogP contribution in [0.25, 0.3) is 0 Å². The topological polar surface area (TPSA) is 70.3 Å². The van der Waals surface area contributed by atoms with Gasteiger partial charge in [0.15, 0.2) is 0 Å². The molecule has 0 amide bonds. The second-order valence-corrected chi connectivity index (χ2v) is 4.08. The summed E-state index contributed by atoms with van der Waals surface area (Å²) in [7, 11) is 0. The van der Waals surface area contributed by atoms with Gasteiger partial charge < -0.3 is 9.84 Å². The standard InChI is InChI=1S/C15H10FNO3/c16-13-6-10(8-17)5-11(7-13)9-20-14-3-1-12(2-4-14)15(18)19/h1-7H,9H2,(H,18,19). The van der Waals surface area contributed by atoms with E-state index >= 15 is 0 Å². The number of nitrogens with zero attached hydrogens (tertiary/aromatic N) is 1. The highest BCUT2D eigenvalue weighted by molar-refractivity contribution is 5.87. The van der Waals surface area contributed by atoms with Crippen LogP contribution in [0.2, 0.25) is 0 Å². The number of aromatic carboxylic acids is 1. The van der Waals surface area contributed by atoms with Crippen molar-refractivity contribution in [1.82, 2.24) is 0 Å². The van der Waals surface area contributed by atoms with Gasteiger partial charge in [0, 0.05) is 0 Å². The first-order valence-electron chi connectivity index (χ1n) is 5.74. The molecule has 0 heterocycles. The zero-order chi connectivity index (χ0) is 14.5. The second-order valence-electron chi connectivity index (χ2n) is 4.08. The van der Waals surface area contributed by atoms with Gasteiger partial charge in [-0.2, -0.15) is 5.26 Å². The fourth-order valence-electron chi connectivity index (χ4n) is 1.66. The Morgan fingerprint density at radius 2 is 1.95 bits per heavy atom. The lowest BCUT2D eigenvalue weighted by Gasteiger charge is -2.07. The van der Waals surface area contributed by atoms with Crippen LogP contribution in [0.3, 0.4) is 0 Å². The molecule has 0 unspecified atom stereocenters. The predicted molar refractivity (Wildman–Crippen MR) is 68.8 cm³/mol. The summed E-state index contributed by atoms with van der Waals surface area (Å²) in [5, 5.41) is 17.5. The highest BCUT2D eigenvalue weighted by Crippen LogP contribution is 2.15. The maximum atomic E-state index is 13.2. The number of carbonyl (C=O) groups is 1. The summed E-state index contributed by atoms with van der Waals surface area (Å²) in [6, 6.07) is 11.7. The normalized spacial score (nSPS) is 9.80. The van der Waals surface area contributed by atoms with Gasteiger partial charge in [0.1, 0.15) is 18.2 Å². The van der Waals surface area contributed by atoms with Crippen LogP contribution in [0.5, 0.6) is 5.75 Å². The number of ether oxygens (including phenoxy) is 1. The Hall–Kier alpha value is -2.87. The number of carboxylic acids is 1. The molecule has 0 atom stereocenters. The average molecular weight is 271 g/mol. The molecular weight excluding hydrogens is 261 g/mol. The zero-order valence-electron chi connectivity index (χ0n) is 10.3. The molecule has 5 heteroatoms. The molecule has 0 aliphatic carbocycles. The van der Waals surface area contributed by atoms with Crippen LogP contribution in [0.15, 0.2) is 42.5 Å². The zero-order valence-corrected chi connectivity index (χ0v) is 10.3. The molecule has 0 aromatic heterocycles. The van der Waals surface area contributed by atoms with Crippen molar-refractivity contribution in [2.45, 2.75) is 6.61 Å². The Morgan fingerprint density at radius 1 is 1.25 bits per heavy atom. The van der Waals surface area contributed by atoms with E-state index in [0.29, 0.717) is 11.3 Å². The van der Waals surface area contributed by atoms with Crippen molar-refractivity contribution in [3.05, 3.63) is 65.0 Å². The third-order valence-electron chi connectivity index (χ3n) is 2.59. The van der Waals surface area contributed by atoms with Crippen LogP contribution in [-0.2, 0) is 6.61 Å². The summed E-state index contributed by atoms with van der Waals surface area (Å²) < 4.78 is 18.6. The summed E-state index contributed by atoms with van der Waals surface area (Å²) in [5.41, 5.74) is 0.920. The van der Waals surface area contributed by atoms with E-state index in [2.05, 4.69) is 0 Å². The SMILES string of the molecule is N#Cc1cc(F)cc(COc2ccc(C(=O)O)cc2)c1. The minimum absolute atomic E-state index is 0.0961. The highest BCUT2D eigenvalue weighted by atomic mass is 19.1. The fourth-order valence-corrected chi connectivity index (χ4v) is 1.66. The third-order valence-corrected chi connectivity index (χ3v) is 2.59. The maximum Gasteiger partial charge on any atom is 0.335 e. The Balaban J connectivity index is 2.07. The van der Waals surface area contributed by atoms with Crippen molar-refractivity contribution in [3.63, 3.8) is 0 Å². The second kappa shape index (κ2) is 5.85. The van der Waals surface area contributed by atoms with Crippen molar-refractivity contribution >= 4 is 5.97 Å². The number of hydrogen-bond acceptors (Lipinski definition) is 3. The number of carboxylic acid groups (broad SMARTS) is 1. The van der Waals surface area contributed by atoms with Gasteiger partial charge in [-0.05, 0) is 48.0 Å². The van der Waals surface area contributed by atoms with Gasteiger partial charge in [-0.1, -0.05) is 0 Å². The first kappa shape index (κ1) is 13.6. The molecule has 0 radical (unpaired) electrons. The highest BCUT2D eigenvalue weighted by Gasteiger charge is 2.04. The lowest BCUT2D eigenvalue weighted by molar-refractivity contribution is 0.0697. The van der Waals surface area contributed by atoms with Crippen molar-refractivity contribution in [2.24, 2.45) is 0 Å². The van der Waals surface area contributed by atoms with Gasteiger partial charge in [0.05, 0.1) is 17.2 Å². The van der Waals surface area contributed by atoms with E-state index in [1.54, 1.807) is 0 Å². The molecule has 100 valence electrons. The van der Waals surface area contributed by atoms with Gasteiger partial charge in [-0.25, -0.2) is 9.18 Å². The number of nitriles is 1. The number of rotatable bonds is 4. The van der Waals surface area contributed by atoms with Crippen LogP contribution in [0.1, 0.15) is 21.5 Å². The van der Waals surface area contributed by atoms with E-state index in [4.69, 9.17) is 15.1 Å². The maximum absolute atomic E-state index is 13.2. The van der Waals surface area contributed by atoms with Gasteiger partial charge >= 0.3 is 5.97 Å². The molecule has 0 spiro atoms. The number of hydrogen-bond donors (Lipinski definition) is 1. The first-order chi connectivity index (χ1) is 9.58. The summed E-state index contributed by atoms with van der Waals surface area (Å²) in [5.74, 6) is -1.04. The summed E-state index contributed by atoms with van der Waals surface area (Å²) in [4.78, 5) is 10.7. The van der Waals surface area contributed by atoms with E-state index in [1.165, 1.54) is 36.4 Å². The van der Waals surface area contributed by atoms with Gasteiger partial charge in [-0.3, -0.25) is 0 Å².